The Morgan fingerprint density at radius 2 is 2.13 bits per heavy atom. The van der Waals surface area contributed by atoms with E-state index in [1.54, 1.807) is 12.1 Å². The number of nitrogens with one attached hydrogen (secondary N) is 1. The molecule has 0 radical (unpaired) electrons. The molecule has 0 saturated heterocycles. The number of fused-ring (bicyclic) bond motifs is 1. The highest BCUT2D eigenvalue weighted by atomic mass is 35.5. The van der Waals surface area contributed by atoms with Crippen LogP contribution in [0.15, 0.2) is 41.3 Å². The summed E-state index contributed by atoms with van der Waals surface area (Å²) >= 11 is 5.93. The minimum absolute atomic E-state index is 0.0654. The fraction of sp³-hybridized carbons (Fsp3) is 0.333. The van der Waals surface area contributed by atoms with Crippen molar-refractivity contribution < 1.29 is 0 Å². The van der Waals surface area contributed by atoms with Crippen molar-refractivity contribution in [3.63, 3.8) is 0 Å². The van der Waals surface area contributed by atoms with E-state index in [-0.39, 0.29) is 11.5 Å². The summed E-state index contributed by atoms with van der Waals surface area (Å²) in [5.74, 6) is 0.844. The van der Waals surface area contributed by atoms with Crippen LogP contribution in [0.25, 0.3) is 11.4 Å². The molecular weight excluding hydrogens is 310 g/mol. The van der Waals surface area contributed by atoms with E-state index >= 15 is 0 Å². The highest BCUT2D eigenvalue weighted by Gasteiger charge is 2.28. The first kappa shape index (κ1) is 15.8. The molecule has 1 aromatic carbocycles. The first-order valence-electron chi connectivity index (χ1n) is 7.79. The fourth-order valence-corrected chi connectivity index (χ4v) is 3.10. The molecule has 5 heteroatoms. The van der Waals surface area contributed by atoms with Gasteiger partial charge in [0.2, 0.25) is 0 Å². The van der Waals surface area contributed by atoms with E-state index in [2.05, 4.69) is 23.4 Å². The molecular formula is C18H20ClN3O. The largest absolute Gasteiger partial charge is 0.370 e. The van der Waals surface area contributed by atoms with Gasteiger partial charge < -0.3 is 9.88 Å². The number of hydrogen-bond acceptors (Lipinski definition) is 3. The van der Waals surface area contributed by atoms with Gasteiger partial charge in [-0.3, -0.25) is 4.79 Å². The van der Waals surface area contributed by atoms with Crippen LogP contribution >= 0.6 is 11.6 Å². The predicted octanol–water partition coefficient (Wildman–Crippen LogP) is 3.93. The number of halogens is 1. The first-order chi connectivity index (χ1) is 11.0. The third kappa shape index (κ3) is 3.04. The van der Waals surface area contributed by atoms with E-state index in [4.69, 9.17) is 16.6 Å². The third-order valence-corrected chi connectivity index (χ3v) is 4.63. The van der Waals surface area contributed by atoms with Gasteiger partial charge in [-0.25, -0.2) is 4.98 Å². The van der Waals surface area contributed by atoms with Gasteiger partial charge >= 0.3 is 0 Å². The van der Waals surface area contributed by atoms with Gasteiger partial charge in [-0.15, -0.1) is 0 Å². The summed E-state index contributed by atoms with van der Waals surface area (Å²) in [5, 5.41) is 0.664. The second-order valence-corrected chi connectivity index (χ2v) is 6.44. The van der Waals surface area contributed by atoms with Crippen LogP contribution in [0.4, 0.5) is 0 Å². The van der Waals surface area contributed by atoms with Crippen LogP contribution in [0.1, 0.15) is 37.4 Å². The van der Waals surface area contributed by atoms with Crippen molar-refractivity contribution in [2.24, 2.45) is 0 Å². The van der Waals surface area contributed by atoms with Gasteiger partial charge in [0.25, 0.3) is 5.56 Å². The molecule has 0 aliphatic carbocycles. The SMILES string of the molecule is C=C(C)N1Cc2c(nc(-c3ccc(Cl)cc3)[nH]c2=O)C(CC)C1. The standard InChI is InChI=1S/C18H20ClN3O/c1-4-12-9-22(11(2)3)10-15-16(12)20-17(21-18(15)23)13-5-7-14(19)8-6-13/h5-8,12H,2,4,9-10H2,1,3H3,(H,20,21,23). The van der Waals surface area contributed by atoms with Crippen LogP contribution in [0, 0.1) is 0 Å². The van der Waals surface area contributed by atoms with Gasteiger partial charge in [0.15, 0.2) is 0 Å². The summed E-state index contributed by atoms with van der Waals surface area (Å²) < 4.78 is 0. The highest BCUT2D eigenvalue weighted by Crippen LogP contribution is 2.30. The Morgan fingerprint density at radius 1 is 1.43 bits per heavy atom. The number of H-pyrrole nitrogens is 1. The molecule has 120 valence electrons. The zero-order valence-electron chi connectivity index (χ0n) is 13.4. The predicted molar refractivity (Wildman–Crippen MR) is 93.6 cm³/mol. The Morgan fingerprint density at radius 3 is 2.74 bits per heavy atom. The Balaban J connectivity index is 2.09. The van der Waals surface area contributed by atoms with Crippen LogP contribution in [0.2, 0.25) is 5.02 Å². The van der Waals surface area contributed by atoms with E-state index in [1.165, 1.54) is 0 Å². The maximum atomic E-state index is 12.6. The van der Waals surface area contributed by atoms with Crippen molar-refractivity contribution in [2.75, 3.05) is 6.54 Å². The second kappa shape index (κ2) is 6.20. The molecule has 0 bridgehead atoms. The average Bonchev–Trinajstić information content (AvgIpc) is 2.54. The van der Waals surface area contributed by atoms with E-state index in [0.717, 1.165) is 35.5 Å². The Kier molecular flexibility index (Phi) is 4.26. The summed E-state index contributed by atoms with van der Waals surface area (Å²) in [6.45, 7) is 9.53. The van der Waals surface area contributed by atoms with Gasteiger partial charge in [-0.1, -0.05) is 25.1 Å². The van der Waals surface area contributed by atoms with Crippen molar-refractivity contribution >= 4 is 11.6 Å². The van der Waals surface area contributed by atoms with Gasteiger partial charge in [-0.2, -0.15) is 0 Å². The molecule has 4 nitrogen and oxygen atoms in total. The van der Waals surface area contributed by atoms with Crippen molar-refractivity contribution in [2.45, 2.75) is 32.7 Å². The zero-order chi connectivity index (χ0) is 16.6. The molecule has 23 heavy (non-hydrogen) atoms. The van der Waals surface area contributed by atoms with Crippen molar-refractivity contribution in [1.29, 1.82) is 0 Å². The maximum Gasteiger partial charge on any atom is 0.256 e. The number of aromatic nitrogens is 2. The molecule has 3 rings (SSSR count). The molecule has 0 amide bonds. The average molecular weight is 330 g/mol. The fourth-order valence-electron chi connectivity index (χ4n) is 2.97. The lowest BCUT2D eigenvalue weighted by molar-refractivity contribution is 0.282. The number of rotatable bonds is 3. The summed E-state index contributed by atoms with van der Waals surface area (Å²) in [7, 11) is 0. The molecule has 1 atom stereocenters. The zero-order valence-corrected chi connectivity index (χ0v) is 14.2. The number of benzene rings is 1. The van der Waals surface area contributed by atoms with Crippen LogP contribution < -0.4 is 5.56 Å². The van der Waals surface area contributed by atoms with Crippen molar-refractivity contribution in [3.8, 4) is 11.4 Å². The first-order valence-corrected chi connectivity index (χ1v) is 8.17. The minimum Gasteiger partial charge on any atom is -0.370 e. The summed E-state index contributed by atoms with van der Waals surface area (Å²) in [4.78, 5) is 22.4. The van der Waals surface area contributed by atoms with Crippen LogP contribution in [-0.4, -0.2) is 21.4 Å². The second-order valence-electron chi connectivity index (χ2n) is 6.01. The topological polar surface area (TPSA) is 49.0 Å². The number of allylic oxidation sites excluding steroid dienone is 1. The summed E-state index contributed by atoms with van der Waals surface area (Å²) in [6, 6.07) is 7.35. The Bertz CT molecular complexity index is 795. The van der Waals surface area contributed by atoms with E-state index in [9.17, 15) is 4.79 Å². The quantitative estimate of drug-likeness (QED) is 0.928. The number of nitrogens with zero attached hydrogens (tertiary/aromatic N) is 2. The molecule has 1 aliphatic rings. The monoisotopic (exact) mass is 329 g/mol. The Hall–Kier alpha value is -2.07. The lowest BCUT2D eigenvalue weighted by Gasteiger charge is -2.34. The molecule has 2 aromatic rings. The number of hydrogen-bond donors (Lipinski definition) is 1. The van der Waals surface area contributed by atoms with Gasteiger partial charge in [0.05, 0.1) is 11.3 Å². The highest BCUT2D eigenvalue weighted by molar-refractivity contribution is 6.30. The van der Waals surface area contributed by atoms with Crippen molar-refractivity contribution in [3.05, 3.63) is 63.2 Å². The maximum absolute atomic E-state index is 12.6. The molecule has 1 unspecified atom stereocenters. The van der Waals surface area contributed by atoms with Gasteiger partial charge in [-0.05, 0) is 37.6 Å². The van der Waals surface area contributed by atoms with E-state index in [0.29, 0.717) is 17.4 Å². The van der Waals surface area contributed by atoms with Gasteiger partial charge in [0.1, 0.15) is 5.82 Å². The summed E-state index contributed by atoms with van der Waals surface area (Å²) in [6.07, 6.45) is 0.938. The lowest BCUT2D eigenvalue weighted by atomic mass is 9.93. The minimum atomic E-state index is -0.0654. The molecule has 0 spiro atoms. The summed E-state index contributed by atoms with van der Waals surface area (Å²) in [5.41, 5.74) is 3.45. The lowest BCUT2D eigenvalue weighted by Crippen LogP contribution is -2.37. The molecule has 2 heterocycles. The molecule has 1 N–H and O–H groups in total. The third-order valence-electron chi connectivity index (χ3n) is 4.37. The molecule has 1 aromatic heterocycles. The van der Waals surface area contributed by atoms with Crippen LogP contribution in [-0.2, 0) is 6.54 Å². The van der Waals surface area contributed by atoms with Crippen molar-refractivity contribution in [1.82, 2.24) is 14.9 Å². The molecule has 0 saturated carbocycles. The number of aromatic amines is 1. The van der Waals surface area contributed by atoms with Gasteiger partial charge in [0, 0.05) is 35.3 Å². The van der Waals surface area contributed by atoms with Crippen LogP contribution in [0.3, 0.4) is 0 Å². The Labute approximate surface area is 140 Å². The smallest absolute Gasteiger partial charge is 0.256 e. The molecule has 1 aliphatic heterocycles. The normalized spacial score (nSPS) is 17.0. The van der Waals surface area contributed by atoms with E-state index in [1.807, 2.05) is 19.1 Å². The molecule has 0 fully saturated rings. The van der Waals surface area contributed by atoms with E-state index < -0.39 is 0 Å². The van der Waals surface area contributed by atoms with Crippen LogP contribution in [0.5, 0.6) is 0 Å².